The van der Waals surface area contributed by atoms with Gasteiger partial charge in [0.05, 0.1) is 0 Å². The minimum Gasteiger partial charge on any atom is -0.477 e. The smallest absolute Gasteiger partial charge is 0.354 e. The summed E-state index contributed by atoms with van der Waals surface area (Å²) in [7, 11) is -0.823. The number of carbonyl (C=O) groups excluding carboxylic acids is 1. The van der Waals surface area contributed by atoms with Gasteiger partial charge in [-0.1, -0.05) is 12.1 Å². The van der Waals surface area contributed by atoms with Crippen molar-refractivity contribution in [2.75, 3.05) is 27.2 Å². The van der Waals surface area contributed by atoms with Crippen molar-refractivity contribution in [3.63, 3.8) is 0 Å². The lowest BCUT2D eigenvalue weighted by Gasteiger charge is -2.17. The van der Waals surface area contributed by atoms with Crippen LogP contribution in [0.2, 0.25) is 0 Å². The standard InChI is InChI=1S/C16H20N4O5S/c1-18-7-9-19(2)15(21)12-5-3-4-11(10-12)13-6-8-20(26(17,24)25)14(13)16(22)23/h3-6,8,10,18H,7,9H2,1-2H3,(H,22,23)(H2,17,24,25). The third-order valence-corrected chi connectivity index (χ3v) is 4.65. The van der Waals surface area contributed by atoms with Crippen LogP contribution in [-0.2, 0) is 10.2 Å². The number of carbonyl (C=O) groups is 2. The van der Waals surface area contributed by atoms with E-state index in [-0.39, 0.29) is 11.5 Å². The second kappa shape index (κ2) is 7.68. The van der Waals surface area contributed by atoms with Gasteiger partial charge in [0.25, 0.3) is 5.91 Å². The highest BCUT2D eigenvalue weighted by Crippen LogP contribution is 2.27. The first-order valence-electron chi connectivity index (χ1n) is 7.65. The lowest BCUT2D eigenvalue weighted by Crippen LogP contribution is -2.32. The first-order valence-corrected chi connectivity index (χ1v) is 9.15. The van der Waals surface area contributed by atoms with Crippen molar-refractivity contribution in [1.29, 1.82) is 0 Å². The van der Waals surface area contributed by atoms with E-state index in [1.165, 1.54) is 17.0 Å². The number of carboxylic acid groups (broad SMARTS) is 1. The average Bonchev–Trinajstić information content (AvgIpc) is 3.04. The van der Waals surface area contributed by atoms with Crippen LogP contribution in [-0.4, -0.2) is 61.5 Å². The second-order valence-corrected chi connectivity index (χ2v) is 7.06. The molecule has 2 rings (SSSR count). The van der Waals surface area contributed by atoms with Crippen molar-refractivity contribution in [1.82, 2.24) is 14.2 Å². The zero-order valence-electron chi connectivity index (χ0n) is 14.3. The maximum atomic E-state index is 12.5. The third-order valence-electron chi connectivity index (χ3n) is 3.79. The average molecular weight is 380 g/mol. The summed E-state index contributed by atoms with van der Waals surface area (Å²) in [5, 5.41) is 17.4. The molecule has 0 aliphatic carbocycles. The molecule has 2 aromatic rings. The van der Waals surface area contributed by atoms with E-state index >= 15 is 0 Å². The topological polar surface area (TPSA) is 135 Å². The summed E-state index contributed by atoms with van der Waals surface area (Å²) in [5.74, 6) is -1.67. The molecule has 0 fully saturated rings. The lowest BCUT2D eigenvalue weighted by atomic mass is 10.0. The SMILES string of the molecule is CNCCN(C)C(=O)c1cccc(-c2ccn(S(N)(=O)=O)c2C(=O)O)c1. The Hall–Kier alpha value is -2.69. The van der Waals surface area contributed by atoms with E-state index in [2.05, 4.69) is 5.32 Å². The fraction of sp³-hybridized carbons (Fsp3) is 0.250. The van der Waals surface area contributed by atoms with E-state index in [0.29, 0.717) is 28.2 Å². The molecule has 0 radical (unpaired) electrons. The molecule has 4 N–H and O–H groups in total. The summed E-state index contributed by atoms with van der Waals surface area (Å²) >= 11 is 0. The van der Waals surface area contributed by atoms with Crippen LogP contribution in [0, 0.1) is 0 Å². The van der Waals surface area contributed by atoms with Gasteiger partial charge in [-0.15, -0.1) is 0 Å². The fourth-order valence-electron chi connectivity index (χ4n) is 2.49. The Morgan fingerprint density at radius 2 is 2.00 bits per heavy atom. The summed E-state index contributed by atoms with van der Waals surface area (Å²) in [4.78, 5) is 25.6. The third kappa shape index (κ3) is 4.10. The Bertz CT molecular complexity index is 936. The van der Waals surface area contributed by atoms with E-state index in [4.69, 9.17) is 5.14 Å². The summed E-state index contributed by atoms with van der Waals surface area (Å²) < 4.78 is 23.7. The van der Waals surface area contributed by atoms with Crippen LogP contribution in [0.3, 0.4) is 0 Å². The Kier molecular flexibility index (Phi) is 5.80. The van der Waals surface area contributed by atoms with Gasteiger partial charge in [0.2, 0.25) is 0 Å². The molecule has 0 atom stereocenters. The van der Waals surface area contributed by atoms with Crippen LogP contribution < -0.4 is 10.5 Å². The van der Waals surface area contributed by atoms with E-state index in [1.807, 2.05) is 0 Å². The molecule has 9 nitrogen and oxygen atoms in total. The number of aromatic nitrogens is 1. The van der Waals surface area contributed by atoms with Gasteiger partial charge in [0, 0.05) is 37.5 Å². The first kappa shape index (κ1) is 19.6. The van der Waals surface area contributed by atoms with Crippen LogP contribution in [0.25, 0.3) is 11.1 Å². The molecular formula is C16H20N4O5S. The fourth-order valence-corrected chi connectivity index (χ4v) is 3.15. The number of aromatic carboxylic acids is 1. The van der Waals surface area contributed by atoms with E-state index in [0.717, 1.165) is 6.20 Å². The van der Waals surface area contributed by atoms with Crippen molar-refractivity contribution < 1.29 is 23.1 Å². The minimum absolute atomic E-state index is 0.152. The number of hydrogen-bond donors (Lipinski definition) is 3. The van der Waals surface area contributed by atoms with Gasteiger partial charge in [-0.05, 0) is 30.8 Å². The molecule has 0 saturated heterocycles. The molecule has 0 unspecified atom stereocenters. The number of rotatable bonds is 7. The van der Waals surface area contributed by atoms with Crippen molar-refractivity contribution in [2.24, 2.45) is 5.14 Å². The maximum Gasteiger partial charge on any atom is 0.354 e. The Balaban J connectivity index is 2.47. The predicted octanol–water partition coefficient (Wildman–Crippen LogP) is 0.196. The van der Waals surface area contributed by atoms with Gasteiger partial charge < -0.3 is 15.3 Å². The quantitative estimate of drug-likeness (QED) is 0.628. The Morgan fingerprint density at radius 3 is 2.58 bits per heavy atom. The van der Waals surface area contributed by atoms with Gasteiger partial charge in [0.1, 0.15) is 0 Å². The molecule has 1 aromatic carbocycles. The van der Waals surface area contributed by atoms with Gasteiger partial charge in [-0.25, -0.2) is 13.9 Å². The van der Waals surface area contributed by atoms with Crippen LogP contribution in [0.15, 0.2) is 36.5 Å². The van der Waals surface area contributed by atoms with Crippen molar-refractivity contribution in [3.8, 4) is 11.1 Å². The Labute approximate surface area is 151 Å². The number of benzene rings is 1. The molecule has 140 valence electrons. The number of nitrogens with one attached hydrogen (secondary N) is 1. The number of nitrogens with two attached hydrogens (primary N) is 1. The Morgan fingerprint density at radius 1 is 1.31 bits per heavy atom. The zero-order valence-corrected chi connectivity index (χ0v) is 15.2. The first-order chi connectivity index (χ1) is 12.2. The van der Waals surface area contributed by atoms with Crippen LogP contribution in [0.5, 0.6) is 0 Å². The van der Waals surface area contributed by atoms with Crippen LogP contribution >= 0.6 is 0 Å². The minimum atomic E-state index is -4.26. The molecule has 10 heteroatoms. The summed E-state index contributed by atoms with van der Waals surface area (Å²) in [6, 6.07) is 7.67. The van der Waals surface area contributed by atoms with Gasteiger partial charge in [-0.2, -0.15) is 8.42 Å². The second-order valence-electron chi connectivity index (χ2n) is 5.64. The van der Waals surface area contributed by atoms with Crippen molar-refractivity contribution >= 4 is 22.1 Å². The molecule has 1 aromatic heterocycles. The molecule has 0 aliphatic rings. The largest absolute Gasteiger partial charge is 0.477 e. The molecule has 0 saturated carbocycles. The highest BCUT2D eigenvalue weighted by molar-refractivity contribution is 7.87. The van der Waals surface area contributed by atoms with Crippen molar-refractivity contribution in [3.05, 3.63) is 47.8 Å². The van der Waals surface area contributed by atoms with Crippen molar-refractivity contribution in [2.45, 2.75) is 0 Å². The number of hydrogen-bond acceptors (Lipinski definition) is 5. The zero-order chi connectivity index (χ0) is 19.5. The highest BCUT2D eigenvalue weighted by atomic mass is 32.2. The van der Waals surface area contributed by atoms with E-state index in [1.54, 1.807) is 32.3 Å². The predicted molar refractivity (Wildman–Crippen MR) is 96.2 cm³/mol. The highest BCUT2D eigenvalue weighted by Gasteiger charge is 2.23. The molecule has 1 heterocycles. The molecule has 0 bridgehead atoms. The van der Waals surface area contributed by atoms with Gasteiger partial charge in [0.15, 0.2) is 5.69 Å². The van der Waals surface area contributed by atoms with E-state index in [9.17, 15) is 23.1 Å². The van der Waals surface area contributed by atoms with E-state index < -0.39 is 21.9 Å². The molecule has 0 spiro atoms. The monoisotopic (exact) mass is 380 g/mol. The summed E-state index contributed by atoms with van der Waals surface area (Å²) in [5.41, 5.74) is 0.429. The molecular weight excluding hydrogens is 360 g/mol. The number of likely N-dealkylation sites (N-methyl/N-ethyl adjacent to an activating group) is 2. The molecule has 0 aliphatic heterocycles. The number of amides is 1. The lowest BCUT2D eigenvalue weighted by molar-refractivity contribution is 0.0689. The normalized spacial score (nSPS) is 11.3. The maximum absolute atomic E-state index is 12.5. The van der Waals surface area contributed by atoms with Crippen LogP contribution in [0.1, 0.15) is 20.8 Å². The summed E-state index contributed by atoms with van der Waals surface area (Å²) in [6.45, 7) is 1.13. The number of nitrogens with zero attached hydrogens (tertiary/aromatic N) is 2. The van der Waals surface area contributed by atoms with Gasteiger partial charge in [-0.3, -0.25) is 4.79 Å². The number of carboxylic acids is 1. The van der Waals surface area contributed by atoms with Gasteiger partial charge >= 0.3 is 16.2 Å². The molecule has 26 heavy (non-hydrogen) atoms. The summed E-state index contributed by atoms with van der Waals surface area (Å²) in [6.07, 6.45) is 1.07. The van der Waals surface area contributed by atoms with Crippen LogP contribution in [0.4, 0.5) is 0 Å². The molecule has 1 amide bonds.